The highest BCUT2D eigenvalue weighted by Gasteiger charge is 2.32. The number of nitrogens with two attached hydrogens (primary N) is 1. The van der Waals surface area contributed by atoms with Gasteiger partial charge in [-0.25, -0.2) is 0 Å². The van der Waals surface area contributed by atoms with E-state index in [2.05, 4.69) is 11.4 Å². The minimum absolute atomic E-state index is 0.144. The number of nitrogens with one attached hydrogen (secondary N) is 1. The van der Waals surface area contributed by atoms with Gasteiger partial charge in [0.15, 0.2) is 0 Å². The molecule has 0 atom stereocenters. The second-order valence-electron chi connectivity index (χ2n) is 5.02. The van der Waals surface area contributed by atoms with Crippen LogP contribution in [0.25, 0.3) is 0 Å². The van der Waals surface area contributed by atoms with Gasteiger partial charge in [-0.2, -0.15) is 5.26 Å². The topological polar surface area (TPSA) is 82.1 Å². The molecule has 0 heterocycles. The van der Waals surface area contributed by atoms with Crippen molar-refractivity contribution in [3.8, 4) is 6.07 Å². The van der Waals surface area contributed by atoms with E-state index in [1.807, 2.05) is 18.2 Å². The van der Waals surface area contributed by atoms with Crippen LogP contribution in [0.3, 0.4) is 0 Å². The van der Waals surface area contributed by atoms with E-state index >= 15 is 0 Å². The molecule has 96 valence electrons. The van der Waals surface area contributed by atoms with Crippen LogP contribution in [0.4, 0.5) is 11.4 Å². The van der Waals surface area contributed by atoms with E-state index in [1.54, 1.807) is 0 Å². The number of nitrogen functional groups attached to an aromatic ring is 1. The molecule has 1 fully saturated rings. The summed E-state index contributed by atoms with van der Waals surface area (Å²) in [5.74, 6) is 0. The van der Waals surface area contributed by atoms with Gasteiger partial charge in [0.2, 0.25) is 0 Å². The van der Waals surface area contributed by atoms with Crippen LogP contribution < -0.4 is 11.1 Å². The van der Waals surface area contributed by atoms with E-state index in [0.29, 0.717) is 12.1 Å². The normalized spacial score (nSPS) is 17.3. The second kappa shape index (κ2) is 5.28. The number of rotatable bonds is 4. The molecule has 0 amide bonds. The van der Waals surface area contributed by atoms with Gasteiger partial charge in [-0.15, -0.1) is 0 Å². The molecule has 1 aromatic rings. The summed E-state index contributed by atoms with van der Waals surface area (Å²) in [5.41, 5.74) is 8.05. The van der Waals surface area contributed by atoms with Crippen molar-refractivity contribution >= 4 is 11.4 Å². The lowest BCUT2D eigenvalue weighted by Crippen LogP contribution is -2.39. The smallest absolute Gasteiger partial charge is 0.0670 e. The molecule has 4 heteroatoms. The fraction of sp³-hybridized carbons (Fsp3) is 0.500. The summed E-state index contributed by atoms with van der Waals surface area (Å²) < 4.78 is 0. The molecule has 0 saturated heterocycles. The largest absolute Gasteiger partial charge is 0.398 e. The molecule has 1 aromatic carbocycles. The Morgan fingerprint density at radius 1 is 1.39 bits per heavy atom. The van der Waals surface area contributed by atoms with Crippen LogP contribution >= 0.6 is 0 Å². The van der Waals surface area contributed by atoms with Crippen molar-refractivity contribution in [3.05, 3.63) is 23.8 Å². The molecule has 2 rings (SSSR count). The first-order valence-corrected chi connectivity index (χ1v) is 6.33. The number of hydrogen-bond donors (Lipinski definition) is 3. The number of nitrogens with zero attached hydrogens (tertiary/aromatic N) is 1. The summed E-state index contributed by atoms with van der Waals surface area (Å²) in [6.45, 7) is 0.144. The van der Waals surface area contributed by atoms with Gasteiger partial charge in [-0.05, 0) is 36.6 Å². The summed E-state index contributed by atoms with van der Waals surface area (Å²) >= 11 is 0. The number of aliphatic hydroxyl groups is 1. The van der Waals surface area contributed by atoms with Gasteiger partial charge in [0.05, 0.1) is 24.6 Å². The fourth-order valence-corrected chi connectivity index (χ4v) is 2.60. The first kappa shape index (κ1) is 12.7. The zero-order valence-corrected chi connectivity index (χ0v) is 10.4. The Bertz CT molecular complexity index is 459. The van der Waals surface area contributed by atoms with Crippen molar-refractivity contribution in [2.24, 2.45) is 0 Å². The van der Waals surface area contributed by atoms with Gasteiger partial charge in [0.25, 0.3) is 0 Å². The molecule has 0 bridgehead atoms. The van der Waals surface area contributed by atoms with Gasteiger partial charge in [-0.3, -0.25) is 0 Å². The Kier molecular flexibility index (Phi) is 3.73. The van der Waals surface area contributed by atoms with Gasteiger partial charge in [-0.1, -0.05) is 12.8 Å². The van der Waals surface area contributed by atoms with Crippen LogP contribution in [0.1, 0.15) is 31.2 Å². The third-order valence-corrected chi connectivity index (χ3v) is 3.69. The van der Waals surface area contributed by atoms with Crippen LogP contribution in [0.2, 0.25) is 0 Å². The van der Waals surface area contributed by atoms with E-state index in [4.69, 9.17) is 11.0 Å². The molecule has 0 unspecified atom stereocenters. The van der Waals surface area contributed by atoms with Crippen LogP contribution in [-0.4, -0.2) is 17.3 Å². The van der Waals surface area contributed by atoms with Crippen molar-refractivity contribution in [1.29, 1.82) is 5.26 Å². The molecular formula is C14H19N3O. The maximum atomic E-state index is 9.57. The summed E-state index contributed by atoms with van der Waals surface area (Å²) in [6.07, 6.45) is 4.58. The van der Waals surface area contributed by atoms with Gasteiger partial charge in [0.1, 0.15) is 0 Å². The lowest BCUT2D eigenvalue weighted by atomic mass is 9.98. The molecule has 1 saturated carbocycles. The molecule has 4 nitrogen and oxygen atoms in total. The SMILES string of the molecule is N#CCc1cc(NC2(CO)CCCC2)ccc1N. The van der Waals surface area contributed by atoms with Crippen molar-refractivity contribution in [2.75, 3.05) is 17.7 Å². The van der Waals surface area contributed by atoms with Gasteiger partial charge >= 0.3 is 0 Å². The Balaban J connectivity index is 2.18. The third kappa shape index (κ3) is 2.57. The number of benzene rings is 1. The van der Waals surface area contributed by atoms with E-state index in [9.17, 15) is 5.11 Å². The van der Waals surface area contributed by atoms with Crippen LogP contribution in [-0.2, 0) is 6.42 Å². The van der Waals surface area contributed by atoms with E-state index in [1.165, 1.54) is 0 Å². The van der Waals surface area contributed by atoms with Gasteiger partial charge in [0, 0.05) is 11.4 Å². The molecular weight excluding hydrogens is 226 g/mol. The van der Waals surface area contributed by atoms with Crippen LogP contribution in [0.5, 0.6) is 0 Å². The van der Waals surface area contributed by atoms with Gasteiger partial charge < -0.3 is 16.2 Å². The minimum atomic E-state index is -0.194. The highest BCUT2D eigenvalue weighted by molar-refractivity contribution is 5.59. The Hall–Kier alpha value is -1.73. The Morgan fingerprint density at radius 3 is 2.72 bits per heavy atom. The predicted octanol–water partition coefficient (Wildman–Crippen LogP) is 2.05. The molecule has 4 N–H and O–H groups in total. The molecule has 0 aromatic heterocycles. The first-order valence-electron chi connectivity index (χ1n) is 6.33. The molecule has 0 aliphatic heterocycles. The van der Waals surface area contributed by atoms with E-state index < -0.39 is 0 Å². The van der Waals surface area contributed by atoms with E-state index in [-0.39, 0.29) is 12.1 Å². The maximum absolute atomic E-state index is 9.57. The zero-order chi connectivity index (χ0) is 13.0. The maximum Gasteiger partial charge on any atom is 0.0670 e. The predicted molar refractivity (Wildman–Crippen MR) is 72.1 cm³/mol. The summed E-state index contributed by atoms with van der Waals surface area (Å²) in [4.78, 5) is 0. The quantitative estimate of drug-likeness (QED) is 0.709. The summed E-state index contributed by atoms with van der Waals surface area (Å²) in [7, 11) is 0. The summed E-state index contributed by atoms with van der Waals surface area (Å²) in [6, 6.07) is 7.75. The molecule has 18 heavy (non-hydrogen) atoms. The molecule has 0 spiro atoms. The second-order valence-corrected chi connectivity index (χ2v) is 5.02. The molecule has 0 radical (unpaired) electrons. The zero-order valence-electron chi connectivity index (χ0n) is 10.4. The third-order valence-electron chi connectivity index (χ3n) is 3.69. The van der Waals surface area contributed by atoms with Crippen LogP contribution in [0.15, 0.2) is 18.2 Å². The summed E-state index contributed by atoms with van der Waals surface area (Å²) in [5, 5.41) is 21.7. The monoisotopic (exact) mass is 245 g/mol. The van der Waals surface area contributed by atoms with E-state index in [0.717, 1.165) is 36.9 Å². The number of anilines is 2. The van der Waals surface area contributed by atoms with Crippen molar-refractivity contribution in [2.45, 2.75) is 37.6 Å². The lowest BCUT2D eigenvalue weighted by Gasteiger charge is -2.29. The lowest BCUT2D eigenvalue weighted by molar-refractivity contribution is 0.214. The van der Waals surface area contributed by atoms with Crippen molar-refractivity contribution < 1.29 is 5.11 Å². The molecule has 1 aliphatic rings. The fourth-order valence-electron chi connectivity index (χ4n) is 2.60. The highest BCUT2D eigenvalue weighted by atomic mass is 16.3. The Labute approximate surface area is 107 Å². The van der Waals surface area contributed by atoms with Crippen molar-refractivity contribution in [3.63, 3.8) is 0 Å². The highest BCUT2D eigenvalue weighted by Crippen LogP contribution is 2.33. The molecule has 1 aliphatic carbocycles. The number of hydrogen-bond acceptors (Lipinski definition) is 4. The van der Waals surface area contributed by atoms with Crippen LogP contribution in [0, 0.1) is 11.3 Å². The number of aliphatic hydroxyl groups excluding tert-OH is 1. The standard InChI is InChI=1S/C14H19N3O/c15-8-5-11-9-12(3-4-13(11)16)17-14(10-18)6-1-2-7-14/h3-4,9,17-18H,1-2,5-7,10,16H2. The number of nitriles is 1. The van der Waals surface area contributed by atoms with Crippen molar-refractivity contribution in [1.82, 2.24) is 0 Å². The first-order chi connectivity index (χ1) is 8.69. The Morgan fingerprint density at radius 2 is 2.11 bits per heavy atom. The average Bonchev–Trinajstić information content (AvgIpc) is 2.83. The average molecular weight is 245 g/mol. The minimum Gasteiger partial charge on any atom is -0.398 e.